The molecule has 0 bridgehead atoms. The van der Waals surface area contributed by atoms with E-state index in [4.69, 9.17) is 9.97 Å². The second kappa shape index (κ2) is 8.55. The van der Waals surface area contributed by atoms with Crippen molar-refractivity contribution in [3.05, 3.63) is 48.3 Å². The molecule has 4 heterocycles. The number of aromatic nitrogens is 6. The third kappa shape index (κ3) is 3.95. The van der Waals surface area contributed by atoms with E-state index in [0.29, 0.717) is 11.7 Å². The first kappa shape index (κ1) is 22.4. The molecule has 184 valence electrons. The van der Waals surface area contributed by atoms with E-state index in [9.17, 15) is 4.39 Å². The second-order valence-corrected chi connectivity index (χ2v) is 10.7. The zero-order valence-corrected chi connectivity index (χ0v) is 20.8. The number of fused-ring (bicyclic) bond motifs is 3. The van der Waals surface area contributed by atoms with Crippen LogP contribution in [0.4, 0.5) is 10.2 Å². The van der Waals surface area contributed by atoms with Gasteiger partial charge < -0.3 is 9.47 Å². The van der Waals surface area contributed by atoms with Gasteiger partial charge >= 0.3 is 0 Å². The highest BCUT2D eigenvalue weighted by molar-refractivity contribution is 5.86. The summed E-state index contributed by atoms with van der Waals surface area (Å²) in [4.78, 5) is 14.7. The molecule has 0 spiro atoms. The molecule has 0 amide bonds. The molecule has 3 aromatic heterocycles. The highest BCUT2D eigenvalue weighted by Crippen LogP contribution is 2.37. The molecule has 1 aromatic carbocycles. The average molecular weight is 477 g/mol. The van der Waals surface area contributed by atoms with E-state index < -0.39 is 0 Å². The molecule has 8 nitrogen and oxygen atoms in total. The molecule has 35 heavy (non-hydrogen) atoms. The number of benzene rings is 1. The van der Waals surface area contributed by atoms with Gasteiger partial charge in [-0.3, -0.25) is 4.90 Å². The smallest absolute Gasteiger partial charge is 0.258 e. The number of hydrogen-bond acceptors (Lipinski definition) is 6. The minimum atomic E-state index is -0.192. The van der Waals surface area contributed by atoms with Gasteiger partial charge in [-0.1, -0.05) is 26.0 Å². The summed E-state index contributed by atoms with van der Waals surface area (Å²) in [6.45, 7) is 11.7. The van der Waals surface area contributed by atoms with E-state index in [0.717, 1.165) is 48.1 Å². The summed E-state index contributed by atoms with van der Waals surface area (Å²) in [7, 11) is 0. The summed E-state index contributed by atoms with van der Waals surface area (Å²) in [5, 5.41) is 8.43. The van der Waals surface area contributed by atoms with E-state index >= 15 is 0 Å². The van der Waals surface area contributed by atoms with Crippen LogP contribution in [0.1, 0.15) is 52.1 Å². The standard InChI is InChI=1S/C26H33FN8/c1-16(2)23(20-7-9-21(27)10-8-20)33-11-18(4)34(12-17(33)3)24-22-25(35-15-29-31-26(35)30-24)32(14-28-22)13-19-5-6-19/h7-10,14-19,23H,5-6,11-13H2,1-4H3/t17-,18+,23+/m1/s1. The molecule has 2 fully saturated rings. The predicted molar refractivity (Wildman–Crippen MR) is 134 cm³/mol. The predicted octanol–water partition coefficient (Wildman–Crippen LogP) is 4.32. The molecule has 0 radical (unpaired) electrons. The Labute approximate surface area is 204 Å². The fraction of sp³-hybridized carbons (Fsp3) is 0.538. The summed E-state index contributed by atoms with van der Waals surface area (Å²) in [5.41, 5.74) is 3.10. The van der Waals surface area contributed by atoms with Crippen molar-refractivity contribution in [3.63, 3.8) is 0 Å². The zero-order chi connectivity index (χ0) is 24.3. The molecule has 1 saturated heterocycles. The minimum Gasteiger partial charge on any atom is -0.349 e. The summed E-state index contributed by atoms with van der Waals surface area (Å²) in [5.74, 6) is 2.44. The van der Waals surface area contributed by atoms with Crippen molar-refractivity contribution in [2.75, 3.05) is 18.0 Å². The SMILES string of the molecule is CC(C)[C@@H](c1ccc(F)cc1)N1C[C@H](C)N(c2nc3nncn3c3c2ncn3CC2CC2)C[C@H]1C. The molecule has 9 heteroatoms. The van der Waals surface area contributed by atoms with Gasteiger partial charge in [-0.25, -0.2) is 13.8 Å². The van der Waals surface area contributed by atoms with Crippen LogP contribution in [0.2, 0.25) is 0 Å². The van der Waals surface area contributed by atoms with Crippen LogP contribution in [0.25, 0.3) is 16.9 Å². The van der Waals surface area contributed by atoms with Gasteiger partial charge in [0.25, 0.3) is 5.78 Å². The Morgan fingerprint density at radius 2 is 1.80 bits per heavy atom. The molecule has 1 aliphatic carbocycles. The normalized spacial score (nSPS) is 22.5. The van der Waals surface area contributed by atoms with E-state index in [-0.39, 0.29) is 23.9 Å². The molecule has 0 unspecified atom stereocenters. The summed E-state index contributed by atoms with van der Waals surface area (Å²) < 4.78 is 17.8. The Balaban J connectivity index is 1.35. The van der Waals surface area contributed by atoms with Crippen molar-refractivity contribution in [2.24, 2.45) is 11.8 Å². The lowest BCUT2D eigenvalue weighted by atomic mass is 9.91. The molecule has 1 aliphatic heterocycles. The Morgan fingerprint density at radius 1 is 1.03 bits per heavy atom. The number of halogens is 1. The van der Waals surface area contributed by atoms with Gasteiger partial charge in [0.1, 0.15) is 17.7 Å². The Morgan fingerprint density at radius 3 is 2.51 bits per heavy atom. The van der Waals surface area contributed by atoms with E-state index in [2.05, 4.69) is 52.3 Å². The first-order valence-corrected chi connectivity index (χ1v) is 12.7. The number of hydrogen-bond donors (Lipinski definition) is 0. The number of rotatable bonds is 6. The van der Waals surface area contributed by atoms with Crippen LogP contribution in [0.3, 0.4) is 0 Å². The number of imidazole rings is 1. The maximum absolute atomic E-state index is 13.6. The largest absolute Gasteiger partial charge is 0.349 e. The monoisotopic (exact) mass is 476 g/mol. The van der Waals surface area contributed by atoms with Gasteiger partial charge in [-0.2, -0.15) is 4.98 Å². The van der Waals surface area contributed by atoms with Crippen LogP contribution in [0.15, 0.2) is 36.9 Å². The number of piperazine rings is 1. The zero-order valence-electron chi connectivity index (χ0n) is 20.8. The lowest BCUT2D eigenvalue weighted by Gasteiger charge is -2.49. The maximum Gasteiger partial charge on any atom is 0.258 e. The summed E-state index contributed by atoms with van der Waals surface area (Å²) >= 11 is 0. The van der Waals surface area contributed by atoms with Gasteiger partial charge in [0, 0.05) is 37.8 Å². The quantitative estimate of drug-likeness (QED) is 0.413. The summed E-state index contributed by atoms with van der Waals surface area (Å²) in [6.07, 6.45) is 6.25. The van der Waals surface area contributed by atoms with Gasteiger partial charge in [-0.15, -0.1) is 10.2 Å². The van der Waals surface area contributed by atoms with Crippen molar-refractivity contribution in [2.45, 2.75) is 65.2 Å². The first-order valence-electron chi connectivity index (χ1n) is 12.7. The first-order chi connectivity index (χ1) is 16.9. The van der Waals surface area contributed by atoms with E-state index in [1.54, 1.807) is 18.5 Å². The third-order valence-corrected chi connectivity index (χ3v) is 7.64. The average Bonchev–Trinajstić information content (AvgIpc) is 3.35. The van der Waals surface area contributed by atoms with E-state index in [1.807, 2.05) is 22.9 Å². The topological polar surface area (TPSA) is 67.4 Å². The molecular weight excluding hydrogens is 443 g/mol. The molecule has 2 aliphatic rings. The molecule has 4 aromatic rings. The molecule has 1 saturated carbocycles. The van der Waals surface area contributed by atoms with Crippen LogP contribution in [-0.2, 0) is 6.54 Å². The lowest BCUT2D eigenvalue weighted by Crippen LogP contribution is -2.58. The summed E-state index contributed by atoms with van der Waals surface area (Å²) in [6, 6.07) is 7.73. The van der Waals surface area contributed by atoms with E-state index in [1.165, 1.54) is 12.8 Å². The van der Waals surface area contributed by atoms with Crippen LogP contribution in [-0.4, -0.2) is 59.2 Å². The Kier molecular flexibility index (Phi) is 5.47. The minimum absolute atomic E-state index is 0.192. The highest BCUT2D eigenvalue weighted by Gasteiger charge is 2.37. The van der Waals surface area contributed by atoms with Crippen LogP contribution in [0, 0.1) is 17.7 Å². The van der Waals surface area contributed by atoms with Gasteiger partial charge in [0.05, 0.1) is 6.33 Å². The Bertz CT molecular complexity index is 1340. The Hall–Kier alpha value is -3.07. The van der Waals surface area contributed by atoms with Gasteiger partial charge in [0.15, 0.2) is 11.5 Å². The maximum atomic E-state index is 13.6. The number of anilines is 1. The second-order valence-electron chi connectivity index (χ2n) is 10.7. The van der Waals surface area contributed by atoms with Crippen molar-refractivity contribution in [3.8, 4) is 0 Å². The highest BCUT2D eigenvalue weighted by atomic mass is 19.1. The lowest BCUT2D eigenvalue weighted by molar-refractivity contribution is 0.0821. The van der Waals surface area contributed by atoms with Crippen LogP contribution >= 0.6 is 0 Å². The third-order valence-electron chi connectivity index (χ3n) is 7.64. The molecule has 6 rings (SSSR count). The van der Waals surface area contributed by atoms with Crippen molar-refractivity contribution in [1.29, 1.82) is 0 Å². The van der Waals surface area contributed by atoms with Crippen molar-refractivity contribution >= 4 is 22.8 Å². The van der Waals surface area contributed by atoms with Crippen molar-refractivity contribution < 1.29 is 4.39 Å². The van der Waals surface area contributed by atoms with Crippen LogP contribution < -0.4 is 4.90 Å². The molecule has 0 N–H and O–H groups in total. The van der Waals surface area contributed by atoms with Gasteiger partial charge in [-0.05, 0) is 56.2 Å². The number of nitrogens with zero attached hydrogens (tertiary/aromatic N) is 8. The van der Waals surface area contributed by atoms with Crippen LogP contribution in [0.5, 0.6) is 0 Å². The fourth-order valence-electron chi connectivity index (χ4n) is 5.76. The fourth-order valence-corrected chi connectivity index (χ4v) is 5.76. The van der Waals surface area contributed by atoms with Crippen molar-refractivity contribution in [1.82, 2.24) is 34.0 Å². The molecular formula is C26H33FN8. The molecule has 3 atom stereocenters. The van der Waals surface area contributed by atoms with Gasteiger partial charge in [0.2, 0.25) is 0 Å².